The van der Waals surface area contributed by atoms with Gasteiger partial charge in [0, 0.05) is 57.1 Å². The number of phenols is 1. The lowest BCUT2D eigenvalue weighted by atomic mass is 9.91. The van der Waals surface area contributed by atoms with E-state index in [0.29, 0.717) is 56.8 Å². The number of carbonyl (C=O) groups excluding carboxylic acids is 3. The van der Waals surface area contributed by atoms with Crippen LogP contribution in [0.1, 0.15) is 64.0 Å². The first-order valence-corrected chi connectivity index (χ1v) is 17.3. The van der Waals surface area contributed by atoms with Crippen LogP contribution in [0.5, 0.6) is 17.4 Å². The van der Waals surface area contributed by atoms with Crippen molar-refractivity contribution in [1.29, 1.82) is 0 Å². The van der Waals surface area contributed by atoms with Crippen molar-refractivity contribution in [2.24, 2.45) is 0 Å². The van der Waals surface area contributed by atoms with E-state index in [9.17, 15) is 23.9 Å². The van der Waals surface area contributed by atoms with E-state index in [1.165, 1.54) is 11.3 Å². The summed E-state index contributed by atoms with van der Waals surface area (Å²) in [4.78, 5) is 50.1. The number of aryl methyl sites for hydroxylation is 1. The average molecular weight is 687 g/mol. The molecule has 0 bridgehead atoms. The second kappa shape index (κ2) is 15.1. The first-order chi connectivity index (χ1) is 23.6. The summed E-state index contributed by atoms with van der Waals surface area (Å²) in [5.41, 5.74) is 3.04. The first-order valence-electron chi connectivity index (χ1n) is 16.4. The molecule has 2 aromatic heterocycles. The molecule has 2 fully saturated rings. The van der Waals surface area contributed by atoms with Crippen molar-refractivity contribution in [1.82, 2.24) is 30.4 Å². The molecule has 49 heavy (non-hydrogen) atoms. The highest BCUT2D eigenvalue weighted by atomic mass is 32.1. The van der Waals surface area contributed by atoms with Gasteiger partial charge in [0.1, 0.15) is 28.6 Å². The van der Waals surface area contributed by atoms with E-state index in [1.807, 2.05) is 36.1 Å². The summed E-state index contributed by atoms with van der Waals surface area (Å²) in [5, 5.41) is 18.9. The smallest absolute Gasteiger partial charge is 0.270 e. The minimum atomic E-state index is -0.659. The van der Waals surface area contributed by atoms with Crippen molar-refractivity contribution in [3.63, 3.8) is 0 Å². The van der Waals surface area contributed by atoms with Crippen LogP contribution in [-0.2, 0) is 11.3 Å². The van der Waals surface area contributed by atoms with Gasteiger partial charge in [0.25, 0.3) is 11.8 Å². The lowest BCUT2D eigenvalue weighted by Crippen LogP contribution is -2.47. The van der Waals surface area contributed by atoms with Crippen LogP contribution in [0.25, 0.3) is 11.1 Å². The van der Waals surface area contributed by atoms with E-state index in [2.05, 4.69) is 25.5 Å². The van der Waals surface area contributed by atoms with Crippen LogP contribution in [0, 0.1) is 12.7 Å². The largest absolute Gasteiger partial charge is 0.508 e. The molecule has 2 aliphatic rings. The number of phenolic OH excluding ortho intramolecular Hbond substituents is 1. The van der Waals surface area contributed by atoms with E-state index in [-0.39, 0.29) is 41.1 Å². The summed E-state index contributed by atoms with van der Waals surface area (Å²) in [6.07, 6.45) is 3.68. The molecule has 0 radical (unpaired) electrons. The number of piperazine rings is 1. The topological polar surface area (TPSA) is 137 Å². The molecule has 13 heteroatoms. The number of nitrogens with one attached hydrogen (secondary N) is 2. The van der Waals surface area contributed by atoms with Gasteiger partial charge in [-0.2, -0.15) is 0 Å². The van der Waals surface area contributed by atoms with Crippen molar-refractivity contribution in [3.8, 4) is 28.5 Å². The molecule has 1 saturated heterocycles. The highest BCUT2D eigenvalue weighted by Gasteiger charge is 2.27. The van der Waals surface area contributed by atoms with Gasteiger partial charge in [-0.25, -0.2) is 14.4 Å². The van der Waals surface area contributed by atoms with Crippen LogP contribution in [-0.4, -0.2) is 80.9 Å². The summed E-state index contributed by atoms with van der Waals surface area (Å²) in [7, 11) is 0. The quantitative estimate of drug-likeness (QED) is 0.216. The molecule has 11 nitrogen and oxygen atoms in total. The van der Waals surface area contributed by atoms with Crippen molar-refractivity contribution in [3.05, 3.63) is 87.8 Å². The Labute approximate surface area is 288 Å². The molecule has 3 heterocycles. The normalized spacial score (nSPS) is 18.1. The van der Waals surface area contributed by atoms with Gasteiger partial charge in [-0.1, -0.05) is 18.2 Å². The van der Waals surface area contributed by atoms with E-state index in [4.69, 9.17) is 4.74 Å². The number of carbonyl (C=O) groups is 3. The van der Waals surface area contributed by atoms with E-state index in [0.717, 1.165) is 47.1 Å². The average Bonchev–Trinajstić information content (AvgIpc) is 3.53. The molecule has 0 atom stereocenters. The Morgan fingerprint density at radius 1 is 0.980 bits per heavy atom. The Bertz CT molecular complexity index is 1830. The molecule has 1 aliphatic carbocycles. The zero-order chi connectivity index (χ0) is 34.5. The summed E-state index contributed by atoms with van der Waals surface area (Å²) in [5.74, 6) is -0.736. The number of aromatic nitrogens is 2. The standard InChI is InChI=1S/C36H39FN6O5S/c1-22-39-33(21-49-22)35(47)41-28-8-6-27(7-9-28)40-34(46)32-18-26(37)19-38-36(32)48-30-5-3-4-24(17-30)31-11-10-29(45)16-25(31)20-42-12-14-43(15-13-42)23(2)44/h3-5,10-11,16-19,21,27-28,45H,6-9,12-15,20H2,1-2H3,(H,40,46)(H,41,47). The highest BCUT2D eigenvalue weighted by Crippen LogP contribution is 2.33. The Kier molecular flexibility index (Phi) is 10.5. The van der Waals surface area contributed by atoms with E-state index >= 15 is 0 Å². The molecule has 0 unspecified atom stereocenters. The number of nitrogens with zero attached hydrogens (tertiary/aromatic N) is 4. The van der Waals surface area contributed by atoms with Crippen molar-refractivity contribution < 1.29 is 28.6 Å². The van der Waals surface area contributed by atoms with Crippen LogP contribution >= 0.6 is 11.3 Å². The van der Waals surface area contributed by atoms with Crippen LogP contribution in [0.2, 0.25) is 0 Å². The maximum absolute atomic E-state index is 14.4. The molecular formula is C36H39FN6O5S. The van der Waals surface area contributed by atoms with Gasteiger partial charge in [-0.3, -0.25) is 19.3 Å². The molecule has 2 aromatic carbocycles. The van der Waals surface area contributed by atoms with Crippen molar-refractivity contribution >= 4 is 29.1 Å². The predicted octanol–water partition coefficient (Wildman–Crippen LogP) is 5.29. The SMILES string of the molecule is CC(=O)N1CCN(Cc2cc(O)ccc2-c2cccc(Oc3ncc(F)cc3C(=O)NC3CCC(NC(=O)c4csc(C)n4)CC3)c2)CC1. The van der Waals surface area contributed by atoms with Crippen molar-refractivity contribution in [2.45, 2.75) is 58.2 Å². The number of hydrogen-bond donors (Lipinski definition) is 3. The van der Waals surface area contributed by atoms with Crippen LogP contribution in [0.15, 0.2) is 60.1 Å². The Morgan fingerprint density at radius 3 is 2.37 bits per heavy atom. The lowest BCUT2D eigenvalue weighted by molar-refractivity contribution is -0.130. The number of thiazole rings is 1. The Hall–Kier alpha value is -4.88. The summed E-state index contributed by atoms with van der Waals surface area (Å²) in [6, 6.07) is 13.5. The zero-order valence-electron chi connectivity index (χ0n) is 27.4. The molecule has 6 rings (SSSR count). The Balaban J connectivity index is 1.11. The second-order valence-corrected chi connectivity index (χ2v) is 13.6. The van der Waals surface area contributed by atoms with Gasteiger partial charge >= 0.3 is 0 Å². The summed E-state index contributed by atoms with van der Waals surface area (Å²) >= 11 is 1.43. The lowest BCUT2D eigenvalue weighted by Gasteiger charge is -2.34. The van der Waals surface area contributed by atoms with Gasteiger partial charge in [0.05, 0.1) is 11.2 Å². The maximum Gasteiger partial charge on any atom is 0.270 e. The third-order valence-corrected chi connectivity index (χ3v) is 9.75. The van der Waals surface area contributed by atoms with Gasteiger partial charge in [0.2, 0.25) is 11.8 Å². The third kappa shape index (κ3) is 8.59. The van der Waals surface area contributed by atoms with Crippen LogP contribution in [0.4, 0.5) is 4.39 Å². The number of aromatic hydroxyl groups is 1. The fourth-order valence-corrected chi connectivity index (χ4v) is 6.93. The Morgan fingerprint density at radius 2 is 1.69 bits per heavy atom. The second-order valence-electron chi connectivity index (χ2n) is 12.5. The fourth-order valence-electron chi connectivity index (χ4n) is 6.34. The number of hydrogen-bond acceptors (Lipinski definition) is 9. The summed E-state index contributed by atoms with van der Waals surface area (Å²) in [6.45, 7) is 6.78. The predicted molar refractivity (Wildman–Crippen MR) is 183 cm³/mol. The number of rotatable bonds is 9. The molecule has 3 amide bonds. The molecule has 0 spiro atoms. The van der Waals surface area contributed by atoms with Gasteiger partial charge < -0.3 is 25.4 Å². The monoisotopic (exact) mass is 686 g/mol. The number of pyridine rings is 1. The van der Waals surface area contributed by atoms with Crippen LogP contribution in [0.3, 0.4) is 0 Å². The van der Waals surface area contributed by atoms with E-state index in [1.54, 1.807) is 30.5 Å². The number of benzene rings is 2. The molecular weight excluding hydrogens is 647 g/mol. The third-order valence-electron chi connectivity index (χ3n) is 8.97. The zero-order valence-corrected chi connectivity index (χ0v) is 28.3. The van der Waals surface area contributed by atoms with Crippen molar-refractivity contribution in [2.75, 3.05) is 26.2 Å². The fraction of sp³-hybridized carbons (Fsp3) is 0.361. The first kappa shape index (κ1) is 34.0. The molecule has 256 valence electrons. The number of halogens is 1. The minimum Gasteiger partial charge on any atom is -0.508 e. The van der Waals surface area contributed by atoms with Crippen LogP contribution < -0.4 is 15.4 Å². The maximum atomic E-state index is 14.4. The van der Waals surface area contributed by atoms with Gasteiger partial charge in [-0.15, -0.1) is 11.3 Å². The molecule has 4 aromatic rings. The van der Waals surface area contributed by atoms with Gasteiger partial charge in [-0.05, 0) is 79.6 Å². The minimum absolute atomic E-state index is 0.0179. The van der Waals surface area contributed by atoms with Gasteiger partial charge in [0.15, 0.2) is 0 Å². The molecule has 1 saturated carbocycles. The number of ether oxygens (including phenoxy) is 1. The number of amides is 3. The highest BCUT2D eigenvalue weighted by molar-refractivity contribution is 7.09. The summed E-state index contributed by atoms with van der Waals surface area (Å²) < 4.78 is 20.5. The molecule has 3 N–H and O–H groups in total. The van der Waals surface area contributed by atoms with E-state index < -0.39 is 11.7 Å². The molecule has 1 aliphatic heterocycles.